The molecule has 2 atom stereocenters. The first-order chi connectivity index (χ1) is 14.1. The van der Waals surface area contributed by atoms with E-state index in [-0.39, 0.29) is 11.8 Å². The lowest BCUT2D eigenvalue weighted by molar-refractivity contribution is -0.141. The second-order valence-electron chi connectivity index (χ2n) is 9.68. The number of carbonyl (C=O) groups excluding carboxylic acids is 2. The van der Waals surface area contributed by atoms with E-state index in [0.717, 1.165) is 38.8 Å². The van der Waals surface area contributed by atoms with Crippen LogP contribution in [-0.4, -0.2) is 69.3 Å². The fourth-order valence-electron chi connectivity index (χ4n) is 4.36. The Morgan fingerprint density at radius 3 is 2.53 bits per heavy atom. The molecule has 1 saturated heterocycles. The van der Waals surface area contributed by atoms with Gasteiger partial charge >= 0.3 is 6.09 Å². The number of hydrogen-bond acceptors (Lipinski definition) is 7. The van der Waals surface area contributed by atoms with Crippen molar-refractivity contribution in [2.45, 2.75) is 78.0 Å². The molecule has 0 spiro atoms. The molecule has 3 rings (SSSR count). The van der Waals surface area contributed by atoms with Crippen LogP contribution in [0.4, 0.5) is 4.79 Å². The molecule has 1 aromatic rings. The molecule has 2 amide bonds. The van der Waals surface area contributed by atoms with Crippen LogP contribution in [-0.2, 0) is 16.1 Å². The van der Waals surface area contributed by atoms with Crippen LogP contribution in [0.2, 0.25) is 0 Å². The molecule has 1 saturated carbocycles. The summed E-state index contributed by atoms with van der Waals surface area (Å²) in [5, 5.41) is 6.85. The Bertz CT molecular complexity index is 751. The molecule has 30 heavy (non-hydrogen) atoms. The van der Waals surface area contributed by atoms with Gasteiger partial charge in [-0.1, -0.05) is 18.0 Å². The van der Waals surface area contributed by atoms with Crippen LogP contribution in [0.5, 0.6) is 0 Å². The van der Waals surface area contributed by atoms with Gasteiger partial charge in [0.15, 0.2) is 5.82 Å². The van der Waals surface area contributed by atoms with Gasteiger partial charge in [0.1, 0.15) is 5.60 Å². The average Bonchev–Trinajstić information content (AvgIpc) is 3.05. The first-order valence-corrected chi connectivity index (χ1v) is 10.9. The zero-order chi connectivity index (χ0) is 21.9. The Labute approximate surface area is 178 Å². The van der Waals surface area contributed by atoms with Crippen molar-refractivity contribution < 1.29 is 18.8 Å². The van der Waals surface area contributed by atoms with Crippen LogP contribution >= 0.6 is 0 Å². The van der Waals surface area contributed by atoms with E-state index in [1.165, 1.54) is 0 Å². The maximum absolute atomic E-state index is 13.4. The first-order valence-electron chi connectivity index (χ1n) is 10.9. The highest BCUT2D eigenvalue weighted by atomic mass is 16.6. The third-order valence-corrected chi connectivity index (χ3v) is 5.91. The summed E-state index contributed by atoms with van der Waals surface area (Å²) in [5.41, 5.74) is -1.15. The molecule has 168 valence electrons. The molecule has 0 bridgehead atoms. The monoisotopic (exact) mass is 421 g/mol. The fraction of sp³-hybridized carbons (Fsp3) is 0.810. The average molecular weight is 422 g/mol. The molecular formula is C21H35N5O4. The Kier molecular flexibility index (Phi) is 6.69. The van der Waals surface area contributed by atoms with Gasteiger partial charge < -0.3 is 19.5 Å². The van der Waals surface area contributed by atoms with E-state index < -0.39 is 17.2 Å². The lowest BCUT2D eigenvalue weighted by atomic mass is 9.73. The summed E-state index contributed by atoms with van der Waals surface area (Å²) in [4.78, 5) is 34.2. The molecule has 0 radical (unpaired) electrons. The van der Waals surface area contributed by atoms with Crippen LogP contribution in [0, 0.1) is 12.8 Å². The predicted octanol–water partition coefficient (Wildman–Crippen LogP) is 2.50. The van der Waals surface area contributed by atoms with Crippen LogP contribution in [0.3, 0.4) is 0 Å². The Balaban J connectivity index is 1.58. The number of rotatable bonds is 4. The van der Waals surface area contributed by atoms with Crippen LogP contribution in [0.1, 0.15) is 65.1 Å². The lowest BCUT2D eigenvalue weighted by Gasteiger charge is -2.44. The molecule has 9 heteroatoms. The summed E-state index contributed by atoms with van der Waals surface area (Å²) >= 11 is 0. The van der Waals surface area contributed by atoms with Crippen molar-refractivity contribution in [3.8, 4) is 0 Å². The number of piperazine rings is 1. The van der Waals surface area contributed by atoms with Crippen molar-refractivity contribution in [2.75, 3.05) is 26.2 Å². The van der Waals surface area contributed by atoms with E-state index in [1.54, 1.807) is 6.92 Å². The van der Waals surface area contributed by atoms with E-state index in [0.29, 0.717) is 31.3 Å². The standard InChI is InChI=1S/C21H35N5O4/c1-15-22-17(30-24-15)14-25-10-12-26(13-11-25)18(27)16-8-6-7-9-21(16,5)23-19(28)29-20(2,3)4/h16H,6-14H2,1-5H3,(H,23,28)/t16-,21+/m1/s1. The molecule has 2 heterocycles. The minimum atomic E-state index is -0.587. The number of amides is 2. The Morgan fingerprint density at radius 1 is 1.23 bits per heavy atom. The van der Waals surface area contributed by atoms with Crippen molar-refractivity contribution in [1.82, 2.24) is 25.3 Å². The van der Waals surface area contributed by atoms with Crippen LogP contribution in [0.25, 0.3) is 0 Å². The fourth-order valence-corrected chi connectivity index (χ4v) is 4.36. The largest absolute Gasteiger partial charge is 0.444 e. The quantitative estimate of drug-likeness (QED) is 0.797. The summed E-state index contributed by atoms with van der Waals surface area (Å²) < 4.78 is 10.6. The van der Waals surface area contributed by atoms with Crippen LogP contribution < -0.4 is 5.32 Å². The molecule has 1 aliphatic heterocycles. The molecule has 2 fully saturated rings. The van der Waals surface area contributed by atoms with Gasteiger partial charge in [0.05, 0.1) is 18.0 Å². The van der Waals surface area contributed by atoms with Crippen molar-refractivity contribution in [1.29, 1.82) is 0 Å². The molecule has 2 aliphatic rings. The number of carbonyl (C=O) groups is 2. The molecule has 0 unspecified atom stereocenters. The van der Waals surface area contributed by atoms with Crippen molar-refractivity contribution >= 4 is 12.0 Å². The number of nitrogens with one attached hydrogen (secondary N) is 1. The van der Waals surface area contributed by atoms with Crippen LogP contribution in [0.15, 0.2) is 4.52 Å². The van der Waals surface area contributed by atoms with E-state index in [1.807, 2.05) is 32.6 Å². The van der Waals surface area contributed by atoms with Crippen molar-refractivity contribution in [3.63, 3.8) is 0 Å². The summed E-state index contributed by atoms with van der Waals surface area (Å²) in [5.74, 6) is 1.13. The number of alkyl carbamates (subject to hydrolysis) is 1. The van der Waals surface area contributed by atoms with E-state index in [2.05, 4.69) is 20.4 Å². The first kappa shape index (κ1) is 22.5. The maximum atomic E-state index is 13.4. The zero-order valence-electron chi connectivity index (χ0n) is 18.9. The summed E-state index contributed by atoms with van der Waals surface area (Å²) in [6.45, 7) is 12.7. The Morgan fingerprint density at radius 2 is 1.93 bits per heavy atom. The highest BCUT2D eigenvalue weighted by Crippen LogP contribution is 2.35. The molecule has 1 aliphatic carbocycles. The molecule has 9 nitrogen and oxygen atoms in total. The minimum Gasteiger partial charge on any atom is -0.444 e. The minimum absolute atomic E-state index is 0.126. The van der Waals surface area contributed by atoms with Gasteiger partial charge in [-0.25, -0.2) is 4.79 Å². The number of nitrogens with zero attached hydrogens (tertiary/aromatic N) is 4. The number of ether oxygens (including phenoxy) is 1. The molecule has 1 aromatic heterocycles. The Hall–Kier alpha value is -2.16. The topological polar surface area (TPSA) is 101 Å². The van der Waals surface area contributed by atoms with Gasteiger partial charge in [-0.05, 0) is 47.5 Å². The maximum Gasteiger partial charge on any atom is 0.408 e. The lowest BCUT2D eigenvalue weighted by Crippen LogP contribution is -2.60. The summed E-state index contributed by atoms with van der Waals surface area (Å²) in [6, 6.07) is 0. The van der Waals surface area contributed by atoms with Gasteiger partial charge in [0.2, 0.25) is 11.8 Å². The van der Waals surface area contributed by atoms with E-state index in [4.69, 9.17) is 9.26 Å². The summed E-state index contributed by atoms with van der Waals surface area (Å²) in [7, 11) is 0. The third-order valence-electron chi connectivity index (χ3n) is 5.91. The van der Waals surface area contributed by atoms with Crippen molar-refractivity contribution in [3.05, 3.63) is 11.7 Å². The SMILES string of the molecule is Cc1noc(CN2CCN(C(=O)[C@H]3CCCC[C@]3(C)NC(=O)OC(C)(C)C)CC2)n1. The van der Waals surface area contributed by atoms with Gasteiger partial charge in [-0.15, -0.1) is 0 Å². The zero-order valence-corrected chi connectivity index (χ0v) is 18.9. The smallest absolute Gasteiger partial charge is 0.408 e. The highest BCUT2D eigenvalue weighted by molar-refractivity contribution is 5.81. The second kappa shape index (κ2) is 8.91. The normalized spacial score (nSPS) is 25.8. The molecular weight excluding hydrogens is 386 g/mol. The second-order valence-corrected chi connectivity index (χ2v) is 9.68. The van der Waals surface area contributed by atoms with Gasteiger partial charge in [0.25, 0.3) is 0 Å². The van der Waals surface area contributed by atoms with Crippen molar-refractivity contribution in [2.24, 2.45) is 5.92 Å². The summed E-state index contributed by atoms with van der Waals surface area (Å²) in [6.07, 6.45) is 3.10. The van der Waals surface area contributed by atoms with Gasteiger partial charge in [0, 0.05) is 26.2 Å². The van der Waals surface area contributed by atoms with E-state index in [9.17, 15) is 9.59 Å². The van der Waals surface area contributed by atoms with Gasteiger partial charge in [-0.2, -0.15) is 4.98 Å². The molecule has 0 aromatic carbocycles. The predicted molar refractivity (Wildman–Crippen MR) is 111 cm³/mol. The number of aryl methyl sites for hydroxylation is 1. The molecule has 1 N–H and O–H groups in total. The van der Waals surface area contributed by atoms with E-state index >= 15 is 0 Å². The number of hydrogen-bond donors (Lipinski definition) is 1. The number of aromatic nitrogens is 2. The van der Waals surface area contributed by atoms with Gasteiger partial charge in [-0.3, -0.25) is 9.69 Å². The third kappa shape index (κ3) is 5.71. The highest BCUT2D eigenvalue weighted by Gasteiger charge is 2.44.